The molecule has 0 unspecified atom stereocenters. The fourth-order valence-electron chi connectivity index (χ4n) is 2.58. The highest BCUT2D eigenvalue weighted by atomic mass is 32.1. The molecular weight excluding hydrogens is 266 g/mol. The summed E-state index contributed by atoms with van der Waals surface area (Å²) in [5.74, 6) is 0.186. The van der Waals surface area contributed by atoms with Gasteiger partial charge in [0.05, 0.1) is 6.54 Å². The third-order valence-corrected chi connectivity index (χ3v) is 4.55. The van der Waals surface area contributed by atoms with Gasteiger partial charge >= 0.3 is 0 Å². The summed E-state index contributed by atoms with van der Waals surface area (Å²) in [6.07, 6.45) is 2.00. The van der Waals surface area contributed by atoms with E-state index in [0.717, 1.165) is 16.0 Å². The monoisotopic (exact) mass is 283 g/mol. The maximum atomic E-state index is 12.5. The number of nitrogens with zero attached hydrogens (tertiary/aromatic N) is 1. The van der Waals surface area contributed by atoms with Crippen molar-refractivity contribution in [2.24, 2.45) is 0 Å². The van der Waals surface area contributed by atoms with Gasteiger partial charge in [-0.3, -0.25) is 4.79 Å². The van der Waals surface area contributed by atoms with Crippen LogP contribution >= 0.6 is 11.3 Å². The van der Waals surface area contributed by atoms with Crippen molar-refractivity contribution in [1.29, 1.82) is 0 Å². The Morgan fingerprint density at radius 2 is 1.95 bits per heavy atom. The zero-order chi connectivity index (χ0) is 14.3. The minimum atomic E-state index is 0.186. The van der Waals surface area contributed by atoms with Gasteiger partial charge in [0.25, 0.3) is 0 Å². The average molecular weight is 283 g/mol. The number of fused-ring (bicyclic) bond motifs is 1. The lowest BCUT2D eigenvalue weighted by Crippen LogP contribution is -2.09. The molecule has 0 fully saturated rings. The number of rotatable bonds is 3. The summed E-state index contributed by atoms with van der Waals surface area (Å²) < 4.78 is 2.04. The van der Waals surface area contributed by atoms with Gasteiger partial charge in [-0.1, -0.05) is 12.1 Å². The van der Waals surface area contributed by atoms with Gasteiger partial charge in [0.1, 0.15) is 0 Å². The van der Waals surface area contributed by atoms with Crippen LogP contribution in [0.1, 0.15) is 25.7 Å². The molecule has 0 spiro atoms. The molecule has 1 aromatic carbocycles. The summed E-state index contributed by atoms with van der Waals surface area (Å²) in [5.41, 5.74) is 3.21. The molecule has 102 valence electrons. The second kappa shape index (κ2) is 4.91. The van der Waals surface area contributed by atoms with Crippen LogP contribution in [0.3, 0.4) is 0 Å². The molecule has 3 heteroatoms. The third kappa shape index (κ3) is 2.29. The SMILES string of the molecule is Cc1ccc2ccn(CC(=O)c3cc(C)sc3C)c2c1. The van der Waals surface area contributed by atoms with E-state index in [0.29, 0.717) is 6.54 Å². The molecule has 0 amide bonds. The van der Waals surface area contributed by atoms with E-state index in [-0.39, 0.29) is 5.78 Å². The first-order valence-corrected chi connectivity index (χ1v) is 7.52. The third-order valence-electron chi connectivity index (χ3n) is 3.58. The van der Waals surface area contributed by atoms with Crippen molar-refractivity contribution in [1.82, 2.24) is 4.57 Å². The van der Waals surface area contributed by atoms with Crippen LogP contribution in [0, 0.1) is 20.8 Å². The molecule has 2 aromatic heterocycles. The Balaban J connectivity index is 1.95. The largest absolute Gasteiger partial charge is 0.340 e. The zero-order valence-electron chi connectivity index (χ0n) is 11.9. The molecule has 3 aromatic rings. The van der Waals surface area contributed by atoms with Gasteiger partial charge in [-0.15, -0.1) is 11.3 Å². The molecule has 0 saturated carbocycles. The number of Topliss-reactive ketones (excluding diaryl/α,β-unsaturated/α-hetero) is 1. The van der Waals surface area contributed by atoms with Crippen molar-refractivity contribution in [3.05, 3.63) is 57.4 Å². The molecule has 0 bridgehead atoms. The second-order valence-electron chi connectivity index (χ2n) is 5.26. The maximum Gasteiger partial charge on any atom is 0.183 e. The lowest BCUT2D eigenvalue weighted by Gasteiger charge is -2.05. The van der Waals surface area contributed by atoms with E-state index in [1.165, 1.54) is 15.8 Å². The number of carbonyl (C=O) groups is 1. The van der Waals surface area contributed by atoms with Crippen molar-refractivity contribution in [3.8, 4) is 0 Å². The summed E-state index contributed by atoms with van der Waals surface area (Å²) in [4.78, 5) is 14.8. The lowest BCUT2D eigenvalue weighted by atomic mass is 10.1. The Morgan fingerprint density at radius 3 is 2.65 bits per heavy atom. The van der Waals surface area contributed by atoms with Crippen LogP contribution in [0.25, 0.3) is 10.9 Å². The van der Waals surface area contributed by atoms with Crippen molar-refractivity contribution in [2.75, 3.05) is 0 Å². The highest BCUT2D eigenvalue weighted by Gasteiger charge is 2.13. The number of hydrogen-bond donors (Lipinski definition) is 0. The van der Waals surface area contributed by atoms with Crippen LogP contribution in [-0.4, -0.2) is 10.4 Å². The first-order chi connectivity index (χ1) is 9.54. The normalized spacial score (nSPS) is 11.2. The topological polar surface area (TPSA) is 22.0 Å². The smallest absolute Gasteiger partial charge is 0.183 e. The van der Waals surface area contributed by atoms with E-state index in [1.807, 2.05) is 30.7 Å². The summed E-state index contributed by atoms with van der Waals surface area (Å²) >= 11 is 1.69. The lowest BCUT2D eigenvalue weighted by molar-refractivity contribution is 0.0973. The van der Waals surface area contributed by atoms with E-state index in [2.05, 4.69) is 31.2 Å². The number of benzene rings is 1. The Morgan fingerprint density at radius 1 is 1.15 bits per heavy atom. The standard InChI is InChI=1S/C17H17NOS/c1-11-4-5-14-6-7-18(16(14)8-11)10-17(19)15-9-12(2)20-13(15)3/h4-9H,10H2,1-3H3. The van der Waals surface area contributed by atoms with Crippen LogP contribution in [-0.2, 0) is 6.54 Å². The summed E-state index contributed by atoms with van der Waals surface area (Å²) in [7, 11) is 0. The Hall–Kier alpha value is -1.87. The first kappa shape index (κ1) is 13.1. The molecule has 2 heterocycles. The molecule has 0 saturated heterocycles. The fourth-order valence-corrected chi connectivity index (χ4v) is 3.52. The van der Waals surface area contributed by atoms with Crippen molar-refractivity contribution >= 4 is 28.0 Å². The zero-order valence-corrected chi connectivity index (χ0v) is 12.8. The number of hydrogen-bond acceptors (Lipinski definition) is 2. The van der Waals surface area contributed by atoms with Crippen LogP contribution in [0.15, 0.2) is 36.5 Å². The predicted octanol–water partition coefficient (Wildman–Crippen LogP) is 4.51. The van der Waals surface area contributed by atoms with E-state index >= 15 is 0 Å². The van der Waals surface area contributed by atoms with Crippen molar-refractivity contribution in [2.45, 2.75) is 27.3 Å². The van der Waals surface area contributed by atoms with Crippen LogP contribution in [0.5, 0.6) is 0 Å². The molecule has 3 rings (SSSR count). The summed E-state index contributed by atoms with van der Waals surface area (Å²) in [6, 6.07) is 10.4. The van der Waals surface area contributed by atoms with Crippen molar-refractivity contribution in [3.63, 3.8) is 0 Å². The predicted molar refractivity (Wildman–Crippen MR) is 84.8 cm³/mol. The number of ketones is 1. The molecule has 0 N–H and O–H groups in total. The summed E-state index contributed by atoms with van der Waals surface area (Å²) in [6.45, 7) is 6.54. The average Bonchev–Trinajstić information content (AvgIpc) is 2.93. The minimum Gasteiger partial charge on any atom is -0.340 e. The van der Waals surface area contributed by atoms with Crippen LogP contribution in [0.4, 0.5) is 0 Å². The highest BCUT2D eigenvalue weighted by molar-refractivity contribution is 7.12. The maximum absolute atomic E-state index is 12.5. The Labute approximate surface area is 122 Å². The molecule has 2 nitrogen and oxygen atoms in total. The van der Waals surface area contributed by atoms with Gasteiger partial charge in [-0.05, 0) is 49.9 Å². The van der Waals surface area contributed by atoms with Gasteiger partial charge in [-0.2, -0.15) is 0 Å². The van der Waals surface area contributed by atoms with E-state index in [1.54, 1.807) is 11.3 Å². The number of thiophene rings is 1. The number of aromatic nitrogens is 1. The van der Waals surface area contributed by atoms with E-state index in [9.17, 15) is 4.79 Å². The Kier molecular flexibility index (Phi) is 3.22. The van der Waals surface area contributed by atoms with Crippen molar-refractivity contribution < 1.29 is 4.79 Å². The van der Waals surface area contributed by atoms with E-state index < -0.39 is 0 Å². The van der Waals surface area contributed by atoms with Gasteiger partial charge in [0.2, 0.25) is 0 Å². The van der Waals surface area contributed by atoms with Gasteiger partial charge in [0, 0.05) is 27.0 Å². The molecule has 20 heavy (non-hydrogen) atoms. The molecular formula is C17H17NOS. The Bertz CT molecular complexity index is 795. The van der Waals surface area contributed by atoms with Gasteiger partial charge in [0.15, 0.2) is 5.78 Å². The number of carbonyl (C=O) groups excluding carboxylic acids is 1. The second-order valence-corrected chi connectivity index (χ2v) is 6.72. The van der Waals surface area contributed by atoms with Crippen LogP contribution < -0.4 is 0 Å². The highest BCUT2D eigenvalue weighted by Crippen LogP contribution is 2.23. The molecule has 0 aliphatic carbocycles. The number of aryl methyl sites for hydroxylation is 3. The molecule has 0 atom stereocenters. The molecule has 0 radical (unpaired) electrons. The van der Waals surface area contributed by atoms with Gasteiger partial charge < -0.3 is 4.57 Å². The van der Waals surface area contributed by atoms with Crippen LogP contribution in [0.2, 0.25) is 0 Å². The summed E-state index contributed by atoms with van der Waals surface area (Å²) in [5, 5.41) is 1.18. The van der Waals surface area contributed by atoms with E-state index in [4.69, 9.17) is 0 Å². The minimum absolute atomic E-state index is 0.186. The quantitative estimate of drug-likeness (QED) is 0.648. The molecule has 0 aliphatic rings. The molecule has 0 aliphatic heterocycles. The fraction of sp³-hybridized carbons (Fsp3) is 0.235. The van der Waals surface area contributed by atoms with Gasteiger partial charge in [-0.25, -0.2) is 0 Å². The first-order valence-electron chi connectivity index (χ1n) is 6.70.